The lowest BCUT2D eigenvalue weighted by molar-refractivity contribution is -0.128. The van der Waals surface area contributed by atoms with Crippen LogP contribution in [-0.2, 0) is 9.59 Å². The molecule has 0 saturated heterocycles. The quantitative estimate of drug-likeness (QED) is 0.666. The number of nitrogens with one attached hydrogen (secondary N) is 2. The third-order valence-electron chi connectivity index (χ3n) is 3.80. The summed E-state index contributed by atoms with van der Waals surface area (Å²) in [5.41, 5.74) is 6.03. The number of amides is 2. The summed E-state index contributed by atoms with van der Waals surface area (Å²) in [5, 5.41) is 5.63. The predicted octanol–water partition coefficient (Wildman–Crippen LogP) is 0.782. The van der Waals surface area contributed by atoms with E-state index in [0.717, 1.165) is 25.7 Å². The van der Waals surface area contributed by atoms with Gasteiger partial charge in [-0.05, 0) is 25.2 Å². The van der Waals surface area contributed by atoms with Gasteiger partial charge in [0.25, 0.3) is 0 Å². The van der Waals surface area contributed by atoms with Gasteiger partial charge in [-0.2, -0.15) is 0 Å². The van der Waals surface area contributed by atoms with Crippen LogP contribution in [-0.4, -0.2) is 30.9 Å². The maximum atomic E-state index is 12.1. The number of carbonyl (C=O) groups excluding carboxylic acids is 2. The van der Waals surface area contributed by atoms with Crippen LogP contribution in [0.4, 0.5) is 0 Å². The van der Waals surface area contributed by atoms with Crippen molar-refractivity contribution in [3.05, 3.63) is 0 Å². The second-order valence-corrected chi connectivity index (χ2v) is 5.49. The standard InChI is InChI=1S/C14H27N3O2/c1-3-8-16-12(18)7-9-17-14(19)13-10(2)5-4-6-11(13)15/h10-11,13H,3-9,15H2,1-2H3,(H,16,18)(H,17,19). The molecule has 5 heteroatoms. The summed E-state index contributed by atoms with van der Waals surface area (Å²) >= 11 is 0. The molecule has 1 aliphatic carbocycles. The zero-order chi connectivity index (χ0) is 14.3. The maximum absolute atomic E-state index is 12.1. The average molecular weight is 269 g/mol. The summed E-state index contributed by atoms with van der Waals surface area (Å²) in [6, 6.07) is -0.0438. The molecule has 3 atom stereocenters. The Morgan fingerprint density at radius 2 is 1.95 bits per heavy atom. The number of nitrogens with two attached hydrogens (primary N) is 1. The van der Waals surface area contributed by atoms with Gasteiger partial charge in [-0.1, -0.05) is 20.3 Å². The van der Waals surface area contributed by atoms with Crippen molar-refractivity contribution in [3.8, 4) is 0 Å². The first-order chi connectivity index (χ1) is 9.06. The van der Waals surface area contributed by atoms with Crippen LogP contribution in [0, 0.1) is 11.8 Å². The summed E-state index contributed by atoms with van der Waals surface area (Å²) in [6.45, 7) is 5.17. The normalized spacial score (nSPS) is 26.8. The Bertz CT molecular complexity index is 297. The highest BCUT2D eigenvalue weighted by atomic mass is 16.2. The molecule has 1 rings (SSSR count). The highest BCUT2D eigenvalue weighted by Gasteiger charge is 2.33. The van der Waals surface area contributed by atoms with Crippen LogP contribution >= 0.6 is 0 Å². The molecule has 0 heterocycles. The molecule has 19 heavy (non-hydrogen) atoms. The molecule has 0 aromatic carbocycles. The van der Waals surface area contributed by atoms with E-state index >= 15 is 0 Å². The van der Waals surface area contributed by atoms with Gasteiger partial charge in [0.2, 0.25) is 11.8 Å². The lowest BCUT2D eigenvalue weighted by Crippen LogP contribution is -2.47. The van der Waals surface area contributed by atoms with E-state index in [9.17, 15) is 9.59 Å². The van der Waals surface area contributed by atoms with Crippen molar-refractivity contribution in [1.29, 1.82) is 0 Å². The topological polar surface area (TPSA) is 84.2 Å². The van der Waals surface area contributed by atoms with Crippen LogP contribution in [0.3, 0.4) is 0 Å². The molecular weight excluding hydrogens is 242 g/mol. The third kappa shape index (κ3) is 5.19. The van der Waals surface area contributed by atoms with E-state index < -0.39 is 0 Å². The molecule has 2 amide bonds. The molecule has 1 saturated carbocycles. The first kappa shape index (κ1) is 16.0. The molecule has 4 N–H and O–H groups in total. The fourth-order valence-electron chi connectivity index (χ4n) is 2.68. The Balaban J connectivity index is 2.28. The fourth-order valence-corrected chi connectivity index (χ4v) is 2.68. The van der Waals surface area contributed by atoms with Crippen LogP contribution < -0.4 is 16.4 Å². The molecular formula is C14H27N3O2. The van der Waals surface area contributed by atoms with E-state index in [1.807, 2.05) is 6.92 Å². The van der Waals surface area contributed by atoms with E-state index in [-0.39, 0.29) is 23.8 Å². The van der Waals surface area contributed by atoms with Gasteiger partial charge in [-0.15, -0.1) is 0 Å². The molecule has 3 unspecified atom stereocenters. The summed E-state index contributed by atoms with van der Waals surface area (Å²) < 4.78 is 0. The van der Waals surface area contributed by atoms with Gasteiger partial charge < -0.3 is 16.4 Å². The van der Waals surface area contributed by atoms with Crippen molar-refractivity contribution >= 4 is 11.8 Å². The number of carbonyl (C=O) groups is 2. The predicted molar refractivity (Wildman–Crippen MR) is 75.4 cm³/mol. The van der Waals surface area contributed by atoms with Gasteiger partial charge in [0.1, 0.15) is 0 Å². The third-order valence-corrected chi connectivity index (χ3v) is 3.80. The Morgan fingerprint density at radius 3 is 2.58 bits per heavy atom. The van der Waals surface area contributed by atoms with Crippen LogP contribution in [0.25, 0.3) is 0 Å². The summed E-state index contributed by atoms with van der Waals surface area (Å²) in [4.78, 5) is 23.5. The SMILES string of the molecule is CCCNC(=O)CCNC(=O)C1C(C)CCCC1N. The number of rotatable bonds is 6. The first-order valence-electron chi connectivity index (χ1n) is 7.36. The zero-order valence-electron chi connectivity index (χ0n) is 12.1. The Kier molecular flexibility index (Phi) is 6.84. The first-order valence-corrected chi connectivity index (χ1v) is 7.36. The fraction of sp³-hybridized carbons (Fsp3) is 0.857. The Morgan fingerprint density at radius 1 is 1.21 bits per heavy atom. The van der Waals surface area contributed by atoms with Crippen molar-refractivity contribution < 1.29 is 9.59 Å². The van der Waals surface area contributed by atoms with E-state index in [4.69, 9.17) is 5.73 Å². The Hall–Kier alpha value is -1.10. The minimum Gasteiger partial charge on any atom is -0.356 e. The van der Waals surface area contributed by atoms with Gasteiger partial charge in [0, 0.05) is 25.6 Å². The van der Waals surface area contributed by atoms with Gasteiger partial charge in [-0.25, -0.2) is 0 Å². The summed E-state index contributed by atoms with van der Waals surface area (Å²) in [7, 11) is 0. The van der Waals surface area contributed by atoms with E-state index in [1.165, 1.54) is 0 Å². The molecule has 0 spiro atoms. The maximum Gasteiger partial charge on any atom is 0.224 e. The molecule has 0 aromatic rings. The van der Waals surface area contributed by atoms with Gasteiger partial charge in [0.05, 0.1) is 5.92 Å². The lowest BCUT2D eigenvalue weighted by Gasteiger charge is -2.33. The minimum absolute atomic E-state index is 0.00277. The minimum atomic E-state index is -0.104. The molecule has 0 aliphatic heterocycles. The zero-order valence-corrected chi connectivity index (χ0v) is 12.1. The monoisotopic (exact) mass is 269 g/mol. The van der Waals surface area contributed by atoms with E-state index in [2.05, 4.69) is 17.6 Å². The number of hydrogen-bond donors (Lipinski definition) is 3. The molecule has 1 fully saturated rings. The molecule has 1 aliphatic rings. The summed E-state index contributed by atoms with van der Waals surface area (Å²) in [6.07, 6.45) is 4.34. The van der Waals surface area contributed by atoms with Crippen molar-refractivity contribution in [2.45, 2.75) is 52.0 Å². The molecule has 5 nitrogen and oxygen atoms in total. The summed E-state index contributed by atoms with van der Waals surface area (Å²) in [5.74, 6) is 0.219. The van der Waals surface area contributed by atoms with Crippen molar-refractivity contribution in [2.75, 3.05) is 13.1 Å². The second-order valence-electron chi connectivity index (χ2n) is 5.49. The van der Waals surface area contributed by atoms with Crippen LogP contribution in [0.5, 0.6) is 0 Å². The highest BCUT2D eigenvalue weighted by Crippen LogP contribution is 2.28. The Labute approximate surface area is 115 Å². The van der Waals surface area contributed by atoms with Crippen molar-refractivity contribution in [2.24, 2.45) is 17.6 Å². The van der Waals surface area contributed by atoms with Crippen molar-refractivity contribution in [1.82, 2.24) is 10.6 Å². The second kappa shape index (κ2) is 8.15. The molecule has 0 aromatic heterocycles. The average Bonchev–Trinajstić information content (AvgIpc) is 2.36. The van der Waals surface area contributed by atoms with E-state index in [0.29, 0.717) is 25.4 Å². The molecule has 110 valence electrons. The van der Waals surface area contributed by atoms with Crippen molar-refractivity contribution in [3.63, 3.8) is 0 Å². The smallest absolute Gasteiger partial charge is 0.224 e. The molecule has 0 radical (unpaired) electrons. The lowest BCUT2D eigenvalue weighted by atomic mass is 9.76. The van der Waals surface area contributed by atoms with Crippen LogP contribution in [0.15, 0.2) is 0 Å². The van der Waals surface area contributed by atoms with Gasteiger partial charge in [-0.3, -0.25) is 9.59 Å². The van der Waals surface area contributed by atoms with E-state index in [1.54, 1.807) is 0 Å². The largest absolute Gasteiger partial charge is 0.356 e. The van der Waals surface area contributed by atoms with Crippen LogP contribution in [0.2, 0.25) is 0 Å². The van der Waals surface area contributed by atoms with Gasteiger partial charge >= 0.3 is 0 Å². The van der Waals surface area contributed by atoms with Gasteiger partial charge in [0.15, 0.2) is 0 Å². The number of hydrogen-bond acceptors (Lipinski definition) is 3. The van der Waals surface area contributed by atoms with Crippen LogP contribution in [0.1, 0.15) is 46.0 Å². The highest BCUT2D eigenvalue weighted by molar-refractivity contribution is 5.81. The molecule has 0 bridgehead atoms.